The third kappa shape index (κ3) is 3.41. The van der Waals surface area contributed by atoms with E-state index in [0.717, 1.165) is 12.8 Å². The Morgan fingerprint density at radius 1 is 1.21 bits per heavy atom. The van der Waals surface area contributed by atoms with Gasteiger partial charge < -0.3 is 5.11 Å². The van der Waals surface area contributed by atoms with E-state index in [9.17, 15) is 13.5 Å². The Morgan fingerprint density at radius 2 is 1.89 bits per heavy atom. The van der Waals surface area contributed by atoms with Crippen molar-refractivity contribution in [2.24, 2.45) is 0 Å². The van der Waals surface area contributed by atoms with Crippen molar-refractivity contribution in [3.63, 3.8) is 0 Å². The third-order valence-corrected chi connectivity index (χ3v) is 5.70. The Kier molecular flexibility index (Phi) is 4.74. The molecule has 0 aliphatic heterocycles. The molecule has 0 amide bonds. The molecule has 2 rings (SSSR count). The molecule has 2 atom stereocenters. The molecule has 1 aromatic carbocycles. The van der Waals surface area contributed by atoms with Gasteiger partial charge in [-0.05, 0) is 25.0 Å². The molecule has 1 aliphatic rings. The zero-order valence-corrected chi connectivity index (χ0v) is 12.5. The summed E-state index contributed by atoms with van der Waals surface area (Å²) >= 11 is 11.7. The molecular formula is C12H15Cl2NO3S. The lowest BCUT2D eigenvalue weighted by atomic mass is 9.93. The summed E-state index contributed by atoms with van der Waals surface area (Å²) < 4.78 is 27.0. The standard InChI is InChI=1S/C12H15Cl2NO3S/c13-8-4-3-7-11(12(8)14)19(17,18)15-9-5-1-2-6-10(9)16/h3-4,7,9-10,15-16H,1-2,5-6H2/t9-,10-/m1/s1. The Labute approximate surface area is 122 Å². The highest BCUT2D eigenvalue weighted by atomic mass is 35.5. The number of hydrogen-bond donors (Lipinski definition) is 2. The lowest BCUT2D eigenvalue weighted by molar-refractivity contribution is 0.101. The molecule has 1 aromatic rings. The van der Waals surface area contributed by atoms with Gasteiger partial charge in [0.1, 0.15) is 4.90 Å². The van der Waals surface area contributed by atoms with Crippen molar-refractivity contribution in [2.45, 2.75) is 42.7 Å². The maximum Gasteiger partial charge on any atom is 0.242 e. The van der Waals surface area contributed by atoms with Crippen LogP contribution < -0.4 is 4.72 Å². The van der Waals surface area contributed by atoms with Gasteiger partial charge in [-0.3, -0.25) is 0 Å². The molecule has 19 heavy (non-hydrogen) atoms. The summed E-state index contributed by atoms with van der Waals surface area (Å²) in [6, 6.07) is 3.98. The number of hydrogen-bond acceptors (Lipinski definition) is 3. The number of rotatable bonds is 3. The van der Waals surface area contributed by atoms with Crippen LogP contribution >= 0.6 is 23.2 Å². The van der Waals surface area contributed by atoms with Gasteiger partial charge in [0.2, 0.25) is 10.0 Å². The zero-order chi connectivity index (χ0) is 14.0. The lowest BCUT2D eigenvalue weighted by Crippen LogP contribution is -2.45. The van der Waals surface area contributed by atoms with Crippen molar-refractivity contribution in [1.29, 1.82) is 0 Å². The number of aliphatic hydroxyl groups excluding tert-OH is 1. The topological polar surface area (TPSA) is 66.4 Å². The van der Waals surface area contributed by atoms with Gasteiger partial charge in [0.25, 0.3) is 0 Å². The number of aliphatic hydroxyl groups is 1. The molecular weight excluding hydrogens is 309 g/mol. The first-order chi connectivity index (χ1) is 8.92. The van der Waals surface area contributed by atoms with E-state index >= 15 is 0 Å². The molecule has 0 heterocycles. The molecule has 1 aliphatic carbocycles. The van der Waals surface area contributed by atoms with Crippen molar-refractivity contribution < 1.29 is 13.5 Å². The van der Waals surface area contributed by atoms with Crippen LogP contribution in [0.2, 0.25) is 10.0 Å². The van der Waals surface area contributed by atoms with Crippen LogP contribution in [0.1, 0.15) is 25.7 Å². The lowest BCUT2D eigenvalue weighted by Gasteiger charge is -2.28. The van der Waals surface area contributed by atoms with Crippen LogP contribution in [0.3, 0.4) is 0 Å². The summed E-state index contributed by atoms with van der Waals surface area (Å²) in [4.78, 5) is -0.0561. The Bertz CT molecular complexity index is 562. The molecule has 0 saturated heterocycles. The van der Waals surface area contributed by atoms with Crippen LogP contribution in [0.15, 0.2) is 23.1 Å². The number of benzene rings is 1. The maximum atomic E-state index is 12.3. The van der Waals surface area contributed by atoms with Gasteiger partial charge in [-0.2, -0.15) is 0 Å². The molecule has 0 spiro atoms. The smallest absolute Gasteiger partial charge is 0.242 e. The van der Waals surface area contributed by atoms with Crippen LogP contribution in [-0.4, -0.2) is 25.7 Å². The predicted molar refractivity (Wildman–Crippen MR) is 75.0 cm³/mol. The third-order valence-electron chi connectivity index (χ3n) is 3.24. The Morgan fingerprint density at radius 3 is 2.58 bits per heavy atom. The molecule has 0 bridgehead atoms. The summed E-state index contributed by atoms with van der Waals surface area (Å²) in [5, 5.41) is 10.0. The van der Waals surface area contributed by atoms with E-state index in [0.29, 0.717) is 12.8 Å². The van der Waals surface area contributed by atoms with Gasteiger partial charge >= 0.3 is 0 Å². The van der Waals surface area contributed by atoms with Crippen molar-refractivity contribution in [3.05, 3.63) is 28.2 Å². The molecule has 0 radical (unpaired) electrons. The molecule has 1 saturated carbocycles. The largest absolute Gasteiger partial charge is 0.391 e. The fourth-order valence-electron chi connectivity index (χ4n) is 2.20. The van der Waals surface area contributed by atoms with Gasteiger partial charge in [0, 0.05) is 6.04 Å². The molecule has 106 valence electrons. The van der Waals surface area contributed by atoms with Crippen LogP contribution in [0, 0.1) is 0 Å². The first kappa shape index (κ1) is 15.1. The molecule has 4 nitrogen and oxygen atoms in total. The summed E-state index contributed by atoms with van der Waals surface area (Å²) in [5.74, 6) is 0. The number of nitrogens with one attached hydrogen (secondary N) is 1. The SMILES string of the molecule is O=S(=O)(N[C@@H]1CCCC[C@H]1O)c1cccc(Cl)c1Cl. The van der Waals surface area contributed by atoms with Crippen LogP contribution in [0.5, 0.6) is 0 Å². The van der Waals surface area contributed by atoms with Gasteiger partial charge in [-0.25, -0.2) is 13.1 Å². The summed E-state index contributed by atoms with van der Waals surface area (Å²) in [6.45, 7) is 0. The average molecular weight is 324 g/mol. The minimum Gasteiger partial charge on any atom is -0.391 e. The zero-order valence-electron chi connectivity index (χ0n) is 10.1. The van der Waals surface area contributed by atoms with Crippen LogP contribution in [0.4, 0.5) is 0 Å². The van der Waals surface area contributed by atoms with Crippen molar-refractivity contribution in [1.82, 2.24) is 4.72 Å². The van der Waals surface area contributed by atoms with Gasteiger partial charge in [0.05, 0.1) is 16.1 Å². The van der Waals surface area contributed by atoms with E-state index in [1.54, 1.807) is 0 Å². The van der Waals surface area contributed by atoms with Gasteiger partial charge in [-0.15, -0.1) is 0 Å². The molecule has 0 aromatic heterocycles. The highest BCUT2D eigenvalue weighted by Gasteiger charge is 2.29. The van der Waals surface area contributed by atoms with Gasteiger partial charge in [-0.1, -0.05) is 42.1 Å². The Hall–Kier alpha value is -0.330. The second-order valence-electron chi connectivity index (χ2n) is 4.63. The normalized spacial score (nSPS) is 24.4. The minimum atomic E-state index is -3.77. The van der Waals surface area contributed by atoms with E-state index < -0.39 is 22.2 Å². The molecule has 7 heteroatoms. The van der Waals surface area contributed by atoms with E-state index in [-0.39, 0.29) is 14.9 Å². The highest BCUT2D eigenvalue weighted by molar-refractivity contribution is 7.89. The number of sulfonamides is 1. The monoisotopic (exact) mass is 323 g/mol. The summed E-state index contributed by atoms with van der Waals surface area (Å²) in [6.07, 6.45) is 2.39. The quantitative estimate of drug-likeness (QED) is 0.898. The number of halogens is 2. The van der Waals surface area contributed by atoms with E-state index in [4.69, 9.17) is 23.2 Å². The average Bonchev–Trinajstić information content (AvgIpc) is 2.35. The molecule has 1 fully saturated rings. The minimum absolute atomic E-state index is 0.00182. The fourth-order valence-corrected chi connectivity index (χ4v) is 4.27. The second-order valence-corrected chi connectivity index (χ2v) is 7.10. The van der Waals surface area contributed by atoms with E-state index in [1.807, 2.05) is 0 Å². The van der Waals surface area contributed by atoms with Gasteiger partial charge in [0.15, 0.2) is 0 Å². The molecule has 0 unspecified atom stereocenters. The first-order valence-electron chi connectivity index (χ1n) is 6.06. The molecule has 2 N–H and O–H groups in total. The summed E-state index contributed by atoms with van der Waals surface area (Å²) in [5.41, 5.74) is 0. The summed E-state index contributed by atoms with van der Waals surface area (Å²) in [7, 11) is -3.77. The van der Waals surface area contributed by atoms with Crippen LogP contribution in [0.25, 0.3) is 0 Å². The van der Waals surface area contributed by atoms with E-state index in [2.05, 4.69) is 4.72 Å². The second kappa shape index (κ2) is 5.97. The van der Waals surface area contributed by atoms with Crippen LogP contribution in [-0.2, 0) is 10.0 Å². The van der Waals surface area contributed by atoms with E-state index in [1.165, 1.54) is 18.2 Å². The van der Waals surface area contributed by atoms with Crippen molar-refractivity contribution in [3.8, 4) is 0 Å². The predicted octanol–water partition coefficient (Wildman–Crippen LogP) is 2.58. The first-order valence-corrected chi connectivity index (χ1v) is 8.30. The van der Waals surface area contributed by atoms with Crippen molar-refractivity contribution in [2.75, 3.05) is 0 Å². The maximum absolute atomic E-state index is 12.3. The van der Waals surface area contributed by atoms with Crippen molar-refractivity contribution >= 4 is 33.2 Å². The fraction of sp³-hybridized carbons (Fsp3) is 0.500. The Balaban J connectivity index is 2.25. The highest BCUT2D eigenvalue weighted by Crippen LogP contribution is 2.29.